The Morgan fingerprint density at radius 2 is 2.08 bits per heavy atom. The highest BCUT2D eigenvalue weighted by molar-refractivity contribution is 5.25. The van der Waals surface area contributed by atoms with Crippen LogP contribution in [0.2, 0.25) is 0 Å². The molecule has 0 spiro atoms. The molecule has 2 N–H and O–H groups in total. The van der Waals surface area contributed by atoms with Gasteiger partial charge in [0.15, 0.2) is 0 Å². The number of fused-ring (bicyclic) bond motifs is 2. The van der Waals surface area contributed by atoms with Crippen LogP contribution in [0.1, 0.15) is 67.8 Å². The second kappa shape index (κ2) is 6.33. The lowest BCUT2D eigenvalue weighted by atomic mass is 9.88. The zero-order chi connectivity index (χ0) is 16.7. The first-order valence-electron chi connectivity index (χ1n) is 9.17. The molecule has 2 unspecified atom stereocenters. The lowest BCUT2D eigenvalue weighted by molar-refractivity contribution is 0.460. The Kier molecular flexibility index (Phi) is 4.18. The van der Waals surface area contributed by atoms with Gasteiger partial charge in [-0.3, -0.25) is 4.68 Å². The zero-order valence-electron chi connectivity index (χ0n) is 14.9. The molecule has 0 amide bonds. The molecule has 6 nitrogen and oxygen atoms in total. The van der Waals surface area contributed by atoms with Crippen molar-refractivity contribution in [2.24, 2.45) is 0 Å². The Hall–Kier alpha value is -1.66. The van der Waals surface area contributed by atoms with E-state index in [2.05, 4.69) is 53.0 Å². The molecule has 2 aliphatic heterocycles. The van der Waals surface area contributed by atoms with E-state index in [1.807, 2.05) is 0 Å². The van der Waals surface area contributed by atoms with Gasteiger partial charge in [0.25, 0.3) is 0 Å². The van der Waals surface area contributed by atoms with Gasteiger partial charge in [-0.2, -0.15) is 5.10 Å². The maximum absolute atomic E-state index is 4.88. The Bertz CT molecular complexity index is 690. The van der Waals surface area contributed by atoms with Gasteiger partial charge in [-0.05, 0) is 20.3 Å². The minimum absolute atomic E-state index is 0.418. The van der Waals surface area contributed by atoms with Gasteiger partial charge in [-0.25, -0.2) is 4.98 Å². The lowest BCUT2D eigenvalue weighted by Gasteiger charge is -2.24. The summed E-state index contributed by atoms with van der Waals surface area (Å²) in [7, 11) is 0. The van der Waals surface area contributed by atoms with Gasteiger partial charge in [-0.1, -0.05) is 6.92 Å². The molecule has 0 saturated carbocycles. The summed E-state index contributed by atoms with van der Waals surface area (Å²) in [5.74, 6) is 2.10. The van der Waals surface area contributed by atoms with Crippen LogP contribution >= 0.6 is 0 Å². The summed E-state index contributed by atoms with van der Waals surface area (Å²) in [5.41, 5.74) is 3.88. The minimum Gasteiger partial charge on any atom is -0.332 e. The highest BCUT2D eigenvalue weighted by atomic mass is 15.3. The number of aromatic nitrogens is 4. The van der Waals surface area contributed by atoms with Crippen LogP contribution in [0.4, 0.5) is 0 Å². The molecule has 4 rings (SSSR count). The molecule has 4 heterocycles. The second-order valence-electron chi connectivity index (χ2n) is 7.53. The second-order valence-corrected chi connectivity index (χ2v) is 7.53. The van der Waals surface area contributed by atoms with Crippen LogP contribution in [-0.2, 0) is 19.6 Å². The van der Waals surface area contributed by atoms with Crippen molar-refractivity contribution in [1.82, 2.24) is 30.0 Å². The quantitative estimate of drug-likeness (QED) is 0.903. The largest absolute Gasteiger partial charge is 0.332 e. The third-order valence-electron chi connectivity index (χ3n) is 5.30. The molecule has 0 saturated heterocycles. The highest BCUT2D eigenvalue weighted by Crippen LogP contribution is 2.32. The number of imidazole rings is 1. The third kappa shape index (κ3) is 2.89. The number of hydrogen-bond donors (Lipinski definition) is 2. The molecule has 0 fully saturated rings. The number of nitrogens with one attached hydrogen (secondary N) is 2. The Balaban J connectivity index is 1.52. The van der Waals surface area contributed by atoms with E-state index >= 15 is 0 Å². The van der Waals surface area contributed by atoms with E-state index < -0.39 is 0 Å². The summed E-state index contributed by atoms with van der Waals surface area (Å²) < 4.78 is 4.41. The van der Waals surface area contributed by atoms with Gasteiger partial charge in [-0.15, -0.1) is 0 Å². The first-order chi connectivity index (χ1) is 11.6. The van der Waals surface area contributed by atoms with E-state index in [0.29, 0.717) is 17.9 Å². The van der Waals surface area contributed by atoms with Crippen molar-refractivity contribution in [2.45, 2.75) is 64.7 Å². The summed E-state index contributed by atoms with van der Waals surface area (Å²) in [5, 5.41) is 11.8. The van der Waals surface area contributed by atoms with Crippen LogP contribution in [-0.4, -0.2) is 32.4 Å². The molecule has 6 heteroatoms. The normalized spacial score (nSPS) is 21.6. The molecular formula is C18H28N6. The van der Waals surface area contributed by atoms with Crippen molar-refractivity contribution < 1.29 is 0 Å². The first kappa shape index (κ1) is 15.8. The van der Waals surface area contributed by atoms with E-state index in [0.717, 1.165) is 39.1 Å². The summed E-state index contributed by atoms with van der Waals surface area (Å²) >= 11 is 0. The van der Waals surface area contributed by atoms with Crippen molar-refractivity contribution in [3.63, 3.8) is 0 Å². The topological polar surface area (TPSA) is 59.7 Å². The standard InChI is InChI=1S/C18H28N6/c1-12(2)24-10-15-8-20-7-14(18(15)22-24)6-13(3)16-11-23-5-4-19-9-17(23)21-16/h10-14,19-20H,4-9H2,1-3H3. The first-order valence-corrected chi connectivity index (χ1v) is 9.17. The lowest BCUT2D eigenvalue weighted by Crippen LogP contribution is -2.28. The van der Waals surface area contributed by atoms with E-state index in [4.69, 9.17) is 10.1 Å². The van der Waals surface area contributed by atoms with E-state index in [-0.39, 0.29) is 0 Å². The van der Waals surface area contributed by atoms with Crippen molar-refractivity contribution >= 4 is 0 Å². The van der Waals surface area contributed by atoms with Crippen LogP contribution in [0, 0.1) is 0 Å². The summed E-state index contributed by atoms with van der Waals surface area (Å²) in [6.07, 6.45) is 5.56. The highest BCUT2D eigenvalue weighted by Gasteiger charge is 2.27. The predicted octanol–water partition coefficient (Wildman–Crippen LogP) is 2.14. The van der Waals surface area contributed by atoms with Crippen LogP contribution in [0.5, 0.6) is 0 Å². The van der Waals surface area contributed by atoms with Gasteiger partial charge in [0.2, 0.25) is 0 Å². The molecule has 0 radical (unpaired) electrons. The summed E-state index contributed by atoms with van der Waals surface area (Å²) in [6.45, 7) is 11.6. The molecule has 0 aromatic carbocycles. The molecule has 0 aliphatic carbocycles. The fourth-order valence-corrected chi connectivity index (χ4v) is 3.86. The smallest absolute Gasteiger partial charge is 0.123 e. The third-order valence-corrected chi connectivity index (χ3v) is 5.30. The molecule has 2 aromatic heterocycles. The molecule has 2 aliphatic rings. The van der Waals surface area contributed by atoms with Crippen LogP contribution in [0.25, 0.3) is 0 Å². The zero-order valence-corrected chi connectivity index (χ0v) is 14.9. The maximum Gasteiger partial charge on any atom is 0.123 e. The van der Waals surface area contributed by atoms with Crippen molar-refractivity contribution in [3.8, 4) is 0 Å². The molecule has 24 heavy (non-hydrogen) atoms. The number of hydrogen-bond acceptors (Lipinski definition) is 4. The van der Waals surface area contributed by atoms with Crippen molar-refractivity contribution in [1.29, 1.82) is 0 Å². The van der Waals surface area contributed by atoms with Gasteiger partial charge >= 0.3 is 0 Å². The molecule has 0 bridgehead atoms. The molecule has 2 aromatic rings. The van der Waals surface area contributed by atoms with Crippen LogP contribution in [0.3, 0.4) is 0 Å². The van der Waals surface area contributed by atoms with E-state index in [9.17, 15) is 0 Å². The Morgan fingerprint density at radius 1 is 1.21 bits per heavy atom. The van der Waals surface area contributed by atoms with Crippen LogP contribution < -0.4 is 10.6 Å². The summed E-state index contributed by atoms with van der Waals surface area (Å²) in [6, 6.07) is 0.418. The molecule has 2 atom stereocenters. The fourth-order valence-electron chi connectivity index (χ4n) is 3.86. The van der Waals surface area contributed by atoms with Gasteiger partial charge < -0.3 is 15.2 Å². The Labute approximate surface area is 143 Å². The minimum atomic E-state index is 0.418. The van der Waals surface area contributed by atoms with E-state index in [1.54, 1.807) is 0 Å². The number of rotatable bonds is 4. The maximum atomic E-state index is 4.88. The van der Waals surface area contributed by atoms with Crippen molar-refractivity contribution in [2.75, 3.05) is 13.1 Å². The van der Waals surface area contributed by atoms with Gasteiger partial charge in [0.1, 0.15) is 5.82 Å². The fraction of sp³-hybridized carbons (Fsp3) is 0.667. The average Bonchev–Trinajstić information content (AvgIpc) is 3.19. The average molecular weight is 328 g/mol. The predicted molar refractivity (Wildman–Crippen MR) is 94.0 cm³/mol. The molecular weight excluding hydrogens is 300 g/mol. The number of nitrogens with zero attached hydrogens (tertiary/aromatic N) is 4. The van der Waals surface area contributed by atoms with Crippen molar-refractivity contribution in [3.05, 3.63) is 35.2 Å². The molecule has 130 valence electrons. The Morgan fingerprint density at radius 3 is 2.88 bits per heavy atom. The monoisotopic (exact) mass is 328 g/mol. The van der Waals surface area contributed by atoms with Gasteiger partial charge in [0, 0.05) is 62.0 Å². The van der Waals surface area contributed by atoms with Gasteiger partial charge in [0.05, 0.1) is 17.9 Å². The van der Waals surface area contributed by atoms with Crippen LogP contribution in [0.15, 0.2) is 12.4 Å². The SMILES string of the molecule is CC(CC1CNCc2cn(C(C)C)nc21)c1cn2c(n1)CNCC2. The summed E-state index contributed by atoms with van der Waals surface area (Å²) in [4.78, 5) is 4.86. The van der Waals surface area contributed by atoms with E-state index in [1.165, 1.54) is 22.8 Å².